The first-order chi connectivity index (χ1) is 13.7. The Bertz CT molecular complexity index is 730. The number of carbonyl (C=O) groups excluding carboxylic acids is 2. The van der Waals surface area contributed by atoms with Crippen LogP contribution in [0.5, 0.6) is 0 Å². The third-order valence-electron chi connectivity index (χ3n) is 5.80. The molecular formula is C21H28F3N3O2. The third-order valence-corrected chi connectivity index (χ3v) is 5.80. The number of rotatable bonds is 4. The second kappa shape index (κ2) is 9.05. The summed E-state index contributed by atoms with van der Waals surface area (Å²) in [6, 6.07) is 4.82. The summed E-state index contributed by atoms with van der Waals surface area (Å²) in [6.07, 6.45) is -0.929. The largest absolute Gasteiger partial charge is 0.416 e. The number of nitrogens with one attached hydrogen (secondary N) is 1. The molecule has 29 heavy (non-hydrogen) atoms. The van der Waals surface area contributed by atoms with Gasteiger partial charge in [-0.3, -0.25) is 9.59 Å². The van der Waals surface area contributed by atoms with Crippen molar-refractivity contribution in [2.75, 3.05) is 38.0 Å². The van der Waals surface area contributed by atoms with E-state index in [-0.39, 0.29) is 30.0 Å². The minimum atomic E-state index is -4.41. The normalized spacial score (nSPS) is 21.2. The Kier molecular flexibility index (Phi) is 6.70. The molecule has 2 fully saturated rings. The van der Waals surface area contributed by atoms with Gasteiger partial charge in [0.1, 0.15) is 0 Å². The lowest BCUT2D eigenvalue weighted by Crippen LogP contribution is -2.47. The Hall–Kier alpha value is -2.25. The smallest absolute Gasteiger partial charge is 0.376 e. The maximum atomic E-state index is 12.8. The van der Waals surface area contributed by atoms with Gasteiger partial charge in [0, 0.05) is 37.8 Å². The van der Waals surface area contributed by atoms with Crippen LogP contribution in [0.3, 0.4) is 0 Å². The highest BCUT2D eigenvalue weighted by atomic mass is 19.4. The van der Waals surface area contributed by atoms with E-state index < -0.39 is 11.7 Å². The predicted molar refractivity (Wildman–Crippen MR) is 104 cm³/mol. The number of nitrogens with zero attached hydrogens (tertiary/aromatic N) is 2. The summed E-state index contributed by atoms with van der Waals surface area (Å²) in [7, 11) is 0. The molecule has 160 valence electrons. The van der Waals surface area contributed by atoms with E-state index in [9.17, 15) is 22.8 Å². The number of hydrogen-bond acceptors (Lipinski definition) is 3. The molecule has 8 heteroatoms. The molecule has 5 nitrogen and oxygen atoms in total. The average molecular weight is 411 g/mol. The molecule has 3 rings (SSSR count). The van der Waals surface area contributed by atoms with Crippen LogP contribution in [0.25, 0.3) is 0 Å². The van der Waals surface area contributed by atoms with Crippen molar-refractivity contribution >= 4 is 17.5 Å². The molecule has 1 N–H and O–H groups in total. The summed E-state index contributed by atoms with van der Waals surface area (Å²) in [5, 5.41) is 2.78. The van der Waals surface area contributed by atoms with Gasteiger partial charge in [-0.05, 0) is 49.8 Å². The molecule has 2 saturated heterocycles. The first-order valence-electron chi connectivity index (χ1n) is 10.2. The number of halogens is 3. The van der Waals surface area contributed by atoms with Gasteiger partial charge < -0.3 is 15.1 Å². The first kappa shape index (κ1) is 21.5. The van der Waals surface area contributed by atoms with Crippen molar-refractivity contribution in [3.8, 4) is 0 Å². The Morgan fingerprint density at radius 3 is 2.48 bits per heavy atom. The van der Waals surface area contributed by atoms with Crippen LogP contribution < -0.4 is 5.32 Å². The number of amides is 2. The van der Waals surface area contributed by atoms with E-state index in [2.05, 4.69) is 12.2 Å². The van der Waals surface area contributed by atoms with Crippen molar-refractivity contribution in [3.05, 3.63) is 29.8 Å². The van der Waals surface area contributed by atoms with Crippen LogP contribution in [-0.2, 0) is 15.8 Å². The standard InChI is InChI=1S/C21H28F3N3O2/c1-15-4-3-9-27(14-15)20(29)16-7-10-26(11-8-16)19(28)13-25-18-6-2-5-17(12-18)21(22,23)24/h2,5-6,12,15-16,25H,3-4,7-11,13-14H2,1H3. The van der Waals surface area contributed by atoms with Crippen molar-refractivity contribution in [2.45, 2.75) is 38.8 Å². The lowest BCUT2D eigenvalue weighted by molar-refractivity contribution is -0.141. The van der Waals surface area contributed by atoms with Crippen molar-refractivity contribution < 1.29 is 22.8 Å². The molecule has 0 spiro atoms. The van der Waals surface area contributed by atoms with Crippen LogP contribution in [0.1, 0.15) is 38.2 Å². The van der Waals surface area contributed by atoms with Gasteiger partial charge in [0.05, 0.1) is 12.1 Å². The summed E-state index contributed by atoms with van der Waals surface area (Å²) in [5.41, 5.74) is -0.487. The lowest BCUT2D eigenvalue weighted by atomic mass is 9.92. The molecule has 0 aliphatic carbocycles. The van der Waals surface area contributed by atoms with E-state index in [1.165, 1.54) is 12.1 Å². The molecule has 2 heterocycles. The van der Waals surface area contributed by atoms with Gasteiger partial charge in [0.2, 0.25) is 11.8 Å². The van der Waals surface area contributed by atoms with Crippen molar-refractivity contribution in [3.63, 3.8) is 0 Å². The number of piperidine rings is 2. The van der Waals surface area contributed by atoms with Crippen molar-refractivity contribution in [1.29, 1.82) is 0 Å². The number of carbonyl (C=O) groups is 2. The fourth-order valence-electron chi connectivity index (χ4n) is 4.12. The number of alkyl halides is 3. The number of anilines is 1. The number of likely N-dealkylation sites (tertiary alicyclic amines) is 2. The van der Waals surface area contributed by atoms with Gasteiger partial charge >= 0.3 is 6.18 Å². The van der Waals surface area contributed by atoms with Crippen LogP contribution >= 0.6 is 0 Å². The van der Waals surface area contributed by atoms with Crippen LogP contribution in [0.4, 0.5) is 18.9 Å². The topological polar surface area (TPSA) is 52.7 Å². The summed E-state index contributed by atoms with van der Waals surface area (Å²) in [4.78, 5) is 28.8. The van der Waals surface area contributed by atoms with E-state index in [1.54, 1.807) is 4.90 Å². The van der Waals surface area contributed by atoms with Crippen LogP contribution in [0, 0.1) is 11.8 Å². The Morgan fingerprint density at radius 1 is 1.10 bits per heavy atom. The van der Waals surface area contributed by atoms with Gasteiger partial charge in [0.15, 0.2) is 0 Å². The second-order valence-electron chi connectivity index (χ2n) is 8.12. The highest BCUT2D eigenvalue weighted by Crippen LogP contribution is 2.30. The SMILES string of the molecule is CC1CCCN(C(=O)C2CCN(C(=O)CNc3cccc(C(F)(F)F)c3)CC2)C1. The van der Waals surface area contributed by atoms with Gasteiger partial charge in [-0.15, -0.1) is 0 Å². The Labute approximate surface area is 169 Å². The molecule has 1 aromatic rings. The maximum absolute atomic E-state index is 12.8. The third kappa shape index (κ3) is 5.64. The molecule has 0 aromatic heterocycles. The lowest BCUT2D eigenvalue weighted by Gasteiger charge is -2.37. The van der Waals surface area contributed by atoms with Gasteiger partial charge in [-0.2, -0.15) is 13.2 Å². The van der Waals surface area contributed by atoms with Gasteiger partial charge in [-0.1, -0.05) is 13.0 Å². The number of benzene rings is 1. The molecule has 0 radical (unpaired) electrons. The highest BCUT2D eigenvalue weighted by Gasteiger charge is 2.32. The van der Waals surface area contributed by atoms with E-state index in [0.717, 1.165) is 38.1 Å². The minimum Gasteiger partial charge on any atom is -0.376 e. The fourth-order valence-corrected chi connectivity index (χ4v) is 4.12. The van der Waals surface area contributed by atoms with Crippen LogP contribution in [0.2, 0.25) is 0 Å². The highest BCUT2D eigenvalue weighted by molar-refractivity contribution is 5.82. The molecule has 0 saturated carbocycles. The number of hydrogen-bond donors (Lipinski definition) is 1. The summed E-state index contributed by atoms with van der Waals surface area (Å²) >= 11 is 0. The van der Waals surface area contributed by atoms with Gasteiger partial charge in [-0.25, -0.2) is 0 Å². The summed E-state index contributed by atoms with van der Waals surface area (Å²) < 4.78 is 38.3. The molecule has 2 amide bonds. The minimum absolute atomic E-state index is 0.0409. The van der Waals surface area contributed by atoms with Crippen LogP contribution in [0.15, 0.2) is 24.3 Å². The fraction of sp³-hybridized carbons (Fsp3) is 0.619. The molecular weight excluding hydrogens is 383 g/mol. The maximum Gasteiger partial charge on any atom is 0.416 e. The molecule has 1 atom stereocenters. The molecule has 1 unspecified atom stereocenters. The molecule has 1 aromatic carbocycles. The van der Waals surface area contributed by atoms with E-state index in [1.807, 2.05) is 4.90 Å². The van der Waals surface area contributed by atoms with Crippen LogP contribution in [-0.4, -0.2) is 54.3 Å². The first-order valence-corrected chi connectivity index (χ1v) is 10.2. The average Bonchev–Trinajstić information content (AvgIpc) is 2.71. The molecule has 0 bridgehead atoms. The summed E-state index contributed by atoms with van der Waals surface area (Å²) in [5.74, 6) is 0.530. The molecule has 2 aliphatic heterocycles. The van der Waals surface area contributed by atoms with E-state index in [4.69, 9.17) is 0 Å². The van der Waals surface area contributed by atoms with Crippen molar-refractivity contribution in [2.24, 2.45) is 11.8 Å². The van der Waals surface area contributed by atoms with Gasteiger partial charge in [0.25, 0.3) is 0 Å². The zero-order valence-electron chi connectivity index (χ0n) is 16.7. The quantitative estimate of drug-likeness (QED) is 0.824. The predicted octanol–water partition coefficient (Wildman–Crippen LogP) is 3.61. The summed E-state index contributed by atoms with van der Waals surface area (Å²) in [6.45, 7) is 4.75. The Balaban J connectivity index is 1.46. The molecule has 2 aliphatic rings. The van der Waals surface area contributed by atoms with E-state index in [0.29, 0.717) is 31.8 Å². The zero-order chi connectivity index (χ0) is 21.0. The zero-order valence-corrected chi connectivity index (χ0v) is 16.7. The Morgan fingerprint density at radius 2 is 1.83 bits per heavy atom. The van der Waals surface area contributed by atoms with E-state index >= 15 is 0 Å². The van der Waals surface area contributed by atoms with Crippen molar-refractivity contribution in [1.82, 2.24) is 9.80 Å². The monoisotopic (exact) mass is 411 g/mol. The second-order valence-corrected chi connectivity index (χ2v) is 8.12.